The Morgan fingerprint density at radius 1 is 1.07 bits per heavy atom. The third kappa shape index (κ3) is 3.02. The van der Waals surface area contributed by atoms with Crippen molar-refractivity contribution < 1.29 is 13.9 Å². The van der Waals surface area contributed by atoms with Crippen LogP contribution in [0.3, 0.4) is 0 Å². The van der Waals surface area contributed by atoms with Gasteiger partial charge in [-0.15, -0.1) is 0 Å². The van der Waals surface area contributed by atoms with E-state index in [9.17, 15) is 4.79 Å². The molecule has 7 heteroatoms. The molecule has 2 heterocycles. The number of rotatable bonds is 4. The quantitative estimate of drug-likeness (QED) is 0.422. The van der Waals surface area contributed by atoms with E-state index in [1.54, 1.807) is 49.2 Å². The molecule has 0 saturated heterocycles. The Hall–Kier alpha value is -3.32. The van der Waals surface area contributed by atoms with Crippen LogP contribution in [0, 0.1) is 4.77 Å². The van der Waals surface area contributed by atoms with Gasteiger partial charge in [-0.3, -0.25) is 4.57 Å². The summed E-state index contributed by atoms with van der Waals surface area (Å²) in [6.07, 6.45) is 1.75. The Balaban J connectivity index is 1.89. The number of H-pyrrole nitrogens is 1. The highest BCUT2D eigenvalue weighted by atomic mass is 32.1. The van der Waals surface area contributed by atoms with Crippen LogP contribution in [-0.2, 0) is 0 Å². The van der Waals surface area contributed by atoms with Gasteiger partial charge in [0.15, 0.2) is 4.77 Å². The maximum Gasteiger partial charge on any atom is 0.345 e. The maximum absolute atomic E-state index is 12.4. The molecule has 0 aliphatic carbocycles. The van der Waals surface area contributed by atoms with Crippen LogP contribution in [0.2, 0.25) is 0 Å². The molecule has 6 nitrogen and oxygen atoms in total. The van der Waals surface area contributed by atoms with Crippen molar-refractivity contribution >= 4 is 23.2 Å². The van der Waals surface area contributed by atoms with Crippen LogP contribution in [0.15, 0.2) is 63.9 Å². The number of nitrogens with one attached hydrogen (secondary N) is 1. The van der Waals surface area contributed by atoms with Crippen LogP contribution in [0.5, 0.6) is 11.5 Å². The fourth-order valence-corrected chi connectivity index (χ4v) is 3.21. The molecule has 0 atom stereocenters. The molecular formula is C20H16N2O4S. The van der Waals surface area contributed by atoms with Gasteiger partial charge in [0, 0.05) is 17.6 Å². The number of imidazole rings is 1. The van der Waals surface area contributed by atoms with Crippen LogP contribution < -0.4 is 15.1 Å². The van der Waals surface area contributed by atoms with Crippen LogP contribution >= 0.6 is 12.2 Å². The normalized spacial score (nSPS) is 10.9. The molecule has 27 heavy (non-hydrogen) atoms. The van der Waals surface area contributed by atoms with Crippen molar-refractivity contribution in [3.05, 3.63) is 69.9 Å². The second-order valence-electron chi connectivity index (χ2n) is 5.87. The lowest BCUT2D eigenvalue weighted by Gasteiger charge is -2.10. The highest BCUT2D eigenvalue weighted by molar-refractivity contribution is 7.71. The molecule has 0 fully saturated rings. The highest BCUT2D eigenvalue weighted by Gasteiger charge is 2.14. The number of aromatic amines is 1. The summed E-state index contributed by atoms with van der Waals surface area (Å²) in [5, 5.41) is 0.832. The van der Waals surface area contributed by atoms with Gasteiger partial charge in [0.25, 0.3) is 0 Å². The highest BCUT2D eigenvalue weighted by Crippen LogP contribution is 2.29. The zero-order valence-corrected chi connectivity index (χ0v) is 15.5. The Morgan fingerprint density at radius 3 is 2.67 bits per heavy atom. The third-order valence-corrected chi connectivity index (χ3v) is 4.59. The minimum absolute atomic E-state index is 0.403. The summed E-state index contributed by atoms with van der Waals surface area (Å²) in [4.78, 5) is 15.5. The molecule has 0 aliphatic rings. The molecule has 2 aromatic heterocycles. The zero-order valence-electron chi connectivity index (χ0n) is 14.7. The average molecular weight is 380 g/mol. The summed E-state index contributed by atoms with van der Waals surface area (Å²) >= 11 is 5.46. The van der Waals surface area contributed by atoms with E-state index in [4.69, 9.17) is 26.1 Å². The largest absolute Gasteiger partial charge is 0.497 e. The molecule has 0 radical (unpaired) electrons. The summed E-state index contributed by atoms with van der Waals surface area (Å²) in [7, 11) is 3.17. The monoisotopic (exact) mass is 380 g/mol. The van der Waals surface area contributed by atoms with Gasteiger partial charge < -0.3 is 18.9 Å². The Morgan fingerprint density at radius 2 is 1.89 bits per heavy atom. The van der Waals surface area contributed by atoms with Gasteiger partial charge in [-0.25, -0.2) is 4.79 Å². The molecular weight excluding hydrogens is 364 g/mol. The predicted molar refractivity (Wildman–Crippen MR) is 106 cm³/mol. The van der Waals surface area contributed by atoms with Crippen molar-refractivity contribution in [1.29, 1.82) is 0 Å². The van der Waals surface area contributed by atoms with Gasteiger partial charge in [0.1, 0.15) is 17.1 Å². The summed E-state index contributed by atoms with van der Waals surface area (Å²) < 4.78 is 18.3. The smallest absolute Gasteiger partial charge is 0.345 e. The lowest BCUT2D eigenvalue weighted by atomic mass is 10.1. The van der Waals surface area contributed by atoms with Crippen molar-refractivity contribution in [1.82, 2.24) is 9.55 Å². The second-order valence-corrected chi connectivity index (χ2v) is 6.25. The van der Waals surface area contributed by atoms with E-state index >= 15 is 0 Å². The van der Waals surface area contributed by atoms with E-state index in [1.165, 1.54) is 0 Å². The van der Waals surface area contributed by atoms with Gasteiger partial charge in [-0.2, -0.15) is 0 Å². The van der Waals surface area contributed by atoms with Gasteiger partial charge in [0.05, 0.1) is 31.2 Å². The van der Waals surface area contributed by atoms with E-state index in [0.717, 1.165) is 5.39 Å². The van der Waals surface area contributed by atoms with Gasteiger partial charge >= 0.3 is 5.63 Å². The standard InChI is InChI=1S/C20H16N2O4S/c1-24-13-7-8-18(25-2)16(10-13)22-11-15(21-20(22)27)14-9-12-5-3-4-6-17(12)26-19(14)23/h3-11H,1-2H3,(H,21,27). The lowest BCUT2D eigenvalue weighted by molar-refractivity contribution is 0.401. The SMILES string of the molecule is COc1ccc(OC)c(-n2cc(-c3cc4ccccc4oc3=O)[nH]c2=S)c1. The minimum Gasteiger partial charge on any atom is -0.497 e. The molecule has 0 saturated carbocycles. The zero-order chi connectivity index (χ0) is 19.0. The number of para-hydroxylation sites is 1. The number of nitrogens with zero attached hydrogens (tertiary/aromatic N) is 1. The fourth-order valence-electron chi connectivity index (χ4n) is 2.95. The van der Waals surface area contributed by atoms with E-state index < -0.39 is 5.63 Å². The predicted octanol–water partition coefficient (Wildman–Crippen LogP) is 4.33. The molecule has 1 N–H and O–H groups in total. The summed E-state index contributed by atoms with van der Waals surface area (Å²) in [5.74, 6) is 1.30. The molecule has 0 aliphatic heterocycles. The number of hydrogen-bond donors (Lipinski definition) is 1. The van der Waals surface area contributed by atoms with E-state index in [1.807, 2.05) is 24.3 Å². The molecule has 4 rings (SSSR count). The number of benzene rings is 2. The summed E-state index contributed by atoms with van der Waals surface area (Å²) in [5.41, 5.74) is 1.77. The van der Waals surface area contributed by atoms with Crippen molar-refractivity contribution in [3.8, 4) is 28.4 Å². The minimum atomic E-state index is -0.435. The van der Waals surface area contributed by atoms with Gasteiger partial charge in [-0.1, -0.05) is 18.2 Å². The van der Waals surface area contributed by atoms with Crippen LogP contribution in [0.25, 0.3) is 27.9 Å². The Bertz CT molecular complexity index is 1250. The lowest BCUT2D eigenvalue weighted by Crippen LogP contribution is -2.02. The number of fused-ring (bicyclic) bond motifs is 1. The molecule has 136 valence electrons. The maximum atomic E-state index is 12.4. The summed E-state index contributed by atoms with van der Waals surface area (Å²) in [6.45, 7) is 0. The van der Waals surface area contributed by atoms with Crippen LogP contribution in [0.4, 0.5) is 0 Å². The Labute approximate surface area is 159 Å². The summed E-state index contributed by atoms with van der Waals surface area (Å²) in [6, 6.07) is 14.6. The molecule has 2 aromatic carbocycles. The van der Waals surface area contributed by atoms with E-state index in [2.05, 4.69) is 4.98 Å². The first kappa shape index (κ1) is 17.1. The first-order valence-corrected chi connectivity index (χ1v) is 8.59. The number of ether oxygens (including phenoxy) is 2. The van der Waals surface area contributed by atoms with Crippen molar-refractivity contribution in [2.24, 2.45) is 0 Å². The molecule has 0 amide bonds. The number of hydrogen-bond acceptors (Lipinski definition) is 5. The molecule has 0 bridgehead atoms. The van der Waals surface area contributed by atoms with Crippen molar-refractivity contribution in [3.63, 3.8) is 0 Å². The topological polar surface area (TPSA) is 69.4 Å². The van der Waals surface area contributed by atoms with Gasteiger partial charge in [-0.05, 0) is 36.5 Å². The first-order valence-electron chi connectivity index (χ1n) is 8.18. The second kappa shape index (κ2) is 6.77. The molecule has 0 unspecified atom stereocenters. The number of aromatic nitrogens is 2. The average Bonchev–Trinajstić information content (AvgIpc) is 3.08. The Kier molecular flexibility index (Phi) is 4.29. The molecule has 4 aromatic rings. The third-order valence-electron chi connectivity index (χ3n) is 4.30. The first-order chi connectivity index (χ1) is 13.1. The van der Waals surface area contributed by atoms with Gasteiger partial charge in [0.2, 0.25) is 0 Å². The molecule has 0 spiro atoms. The van der Waals surface area contributed by atoms with E-state index in [0.29, 0.717) is 38.8 Å². The fraction of sp³-hybridized carbons (Fsp3) is 0.100. The van der Waals surface area contributed by atoms with Crippen molar-refractivity contribution in [2.75, 3.05) is 14.2 Å². The number of methoxy groups -OCH3 is 2. The van der Waals surface area contributed by atoms with E-state index in [-0.39, 0.29) is 0 Å². The van der Waals surface area contributed by atoms with Crippen molar-refractivity contribution in [2.45, 2.75) is 0 Å². The van der Waals surface area contributed by atoms with Crippen LogP contribution in [-0.4, -0.2) is 23.8 Å². The van der Waals surface area contributed by atoms with Crippen LogP contribution in [0.1, 0.15) is 0 Å².